The first-order valence-electron chi connectivity index (χ1n) is 12.8. The SMILES string of the molecule is N#CC1(NC(=O)C2CC(F)(F)CCC2c2oc(CC(F)(F)F)nc2-c2ccc(N3CCSC(O)(O)C3)cc2)CC1. The first-order valence-corrected chi connectivity index (χ1v) is 13.8. The minimum absolute atomic E-state index is 0.0214. The van der Waals surface area contributed by atoms with E-state index in [1.807, 2.05) is 6.07 Å². The van der Waals surface area contributed by atoms with Gasteiger partial charge in [-0.2, -0.15) is 18.4 Å². The third kappa shape index (κ3) is 6.37. The number of thioether (sulfide) groups is 1. The summed E-state index contributed by atoms with van der Waals surface area (Å²) in [7, 11) is 0. The van der Waals surface area contributed by atoms with Crippen LogP contribution < -0.4 is 10.2 Å². The van der Waals surface area contributed by atoms with E-state index in [0.29, 0.717) is 36.4 Å². The Balaban J connectivity index is 1.49. The van der Waals surface area contributed by atoms with E-state index in [-0.39, 0.29) is 24.4 Å². The smallest absolute Gasteiger partial charge is 0.397 e. The number of benzene rings is 1. The summed E-state index contributed by atoms with van der Waals surface area (Å²) >= 11 is 1.01. The Labute approximate surface area is 230 Å². The normalized spacial score (nSPS) is 25.2. The summed E-state index contributed by atoms with van der Waals surface area (Å²) in [6.45, 7) is 0.480. The highest BCUT2D eigenvalue weighted by Gasteiger charge is 2.51. The standard InChI is InChI=1S/C26H27F5N4O4S/c27-24(28)6-5-17(18(11-24)22(36)34-23(13-32)7-8-23)21-20(33-19(39-21)12-25(29,30)31)15-1-3-16(4-2-15)35-9-10-40-26(37,38)14-35/h1-4,17-18,37-38H,5-12,14H2,(H,34,36). The lowest BCUT2D eigenvalue weighted by atomic mass is 9.74. The maximum absolute atomic E-state index is 14.5. The maximum Gasteiger partial charge on any atom is 0.397 e. The third-order valence-corrected chi connectivity index (χ3v) is 8.45. The van der Waals surface area contributed by atoms with Gasteiger partial charge in [-0.3, -0.25) is 4.79 Å². The number of β-amino-alcohol motifs (C(OH)–C–C–N with tert-alkyl or cyclic N) is 2. The number of nitrogens with zero attached hydrogens (tertiary/aromatic N) is 3. The number of hydrogen-bond acceptors (Lipinski definition) is 8. The van der Waals surface area contributed by atoms with Gasteiger partial charge in [-0.1, -0.05) is 23.9 Å². The molecule has 40 heavy (non-hydrogen) atoms. The van der Waals surface area contributed by atoms with Gasteiger partial charge in [0.25, 0.3) is 0 Å². The molecule has 3 aliphatic rings. The topological polar surface area (TPSA) is 123 Å². The fourth-order valence-electron chi connectivity index (χ4n) is 5.27. The van der Waals surface area contributed by atoms with Crippen molar-refractivity contribution in [2.24, 2.45) is 5.92 Å². The summed E-state index contributed by atoms with van der Waals surface area (Å²) in [5.74, 6) is -6.52. The molecule has 14 heteroatoms. The number of aromatic nitrogens is 1. The summed E-state index contributed by atoms with van der Waals surface area (Å²) in [6.07, 6.45) is -6.99. The van der Waals surface area contributed by atoms with Crippen molar-refractivity contribution in [3.63, 3.8) is 0 Å². The average molecular weight is 587 g/mol. The maximum atomic E-state index is 14.5. The number of anilines is 1. The summed E-state index contributed by atoms with van der Waals surface area (Å²) in [5.41, 5.74) is -0.0939. The van der Waals surface area contributed by atoms with Crippen LogP contribution in [0, 0.1) is 17.2 Å². The van der Waals surface area contributed by atoms with E-state index in [9.17, 15) is 42.2 Å². The number of nitriles is 1. The zero-order valence-corrected chi connectivity index (χ0v) is 22.0. The number of aliphatic hydroxyl groups is 2. The number of carbonyl (C=O) groups excluding carboxylic acids is 1. The van der Waals surface area contributed by atoms with Gasteiger partial charge in [0.2, 0.25) is 22.8 Å². The summed E-state index contributed by atoms with van der Waals surface area (Å²) in [5, 5.41) is 29.9. The molecular weight excluding hydrogens is 559 g/mol. The van der Waals surface area contributed by atoms with Crippen LogP contribution in [0.3, 0.4) is 0 Å². The van der Waals surface area contributed by atoms with Gasteiger partial charge in [0.05, 0.1) is 18.5 Å². The minimum atomic E-state index is -4.64. The van der Waals surface area contributed by atoms with Crippen molar-refractivity contribution >= 4 is 23.4 Å². The second-order valence-electron chi connectivity index (χ2n) is 10.7. The van der Waals surface area contributed by atoms with Gasteiger partial charge in [0.15, 0.2) is 0 Å². The lowest BCUT2D eigenvalue weighted by Gasteiger charge is -2.36. The lowest BCUT2D eigenvalue weighted by Crippen LogP contribution is -2.46. The van der Waals surface area contributed by atoms with Gasteiger partial charge in [-0.05, 0) is 31.4 Å². The number of alkyl halides is 5. The molecule has 2 aromatic rings. The molecule has 1 aromatic heterocycles. The fraction of sp³-hybridized carbons (Fsp3) is 0.577. The van der Waals surface area contributed by atoms with Crippen molar-refractivity contribution in [2.75, 3.05) is 23.7 Å². The molecule has 2 heterocycles. The molecule has 3 N–H and O–H groups in total. The molecule has 2 atom stereocenters. The number of oxazole rings is 1. The number of hydrogen-bond donors (Lipinski definition) is 3. The molecule has 2 unspecified atom stereocenters. The van der Waals surface area contributed by atoms with E-state index >= 15 is 0 Å². The molecule has 2 aliphatic carbocycles. The largest absolute Gasteiger partial charge is 0.444 e. The molecule has 2 saturated carbocycles. The molecule has 0 radical (unpaired) electrons. The van der Waals surface area contributed by atoms with Gasteiger partial charge in [0.1, 0.15) is 23.4 Å². The van der Waals surface area contributed by atoms with Gasteiger partial charge >= 0.3 is 6.18 Å². The Hall–Kier alpha value is -2.89. The van der Waals surface area contributed by atoms with Crippen LogP contribution in [-0.2, 0) is 11.2 Å². The summed E-state index contributed by atoms with van der Waals surface area (Å²) in [6, 6.07) is 8.43. The molecule has 0 spiro atoms. The molecule has 1 saturated heterocycles. The van der Waals surface area contributed by atoms with Crippen molar-refractivity contribution in [2.45, 2.75) is 67.2 Å². The van der Waals surface area contributed by atoms with Crippen LogP contribution in [0.15, 0.2) is 28.7 Å². The Morgan fingerprint density at radius 3 is 2.52 bits per heavy atom. The first-order chi connectivity index (χ1) is 18.7. The number of nitrogens with one attached hydrogen (secondary N) is 1. The van der Waals surface area contributed by atoms with Crippen LogP contribution in [0.2, 0.25) is 0 Å². The number of amides is 1. The molecule has 1 aromatic carbocycles. The van der Waals surface area contributed by atoms with E-state index < -0.39 is 65.7 Å². The van der Waals surface area contributed by atoms with Crippen LogP contribution >= 0.6 is 11.8 Å². The lowest BCUT2D eigenvalue weighted by molar-refractivity contribution is -0.135. The van der Waals surface area contributed by atoms with E-state index in [0.717, 1.165) is 11.8 Å². The average Bonchev–Trinajstić information content (AvgIpc) is 3.52. The molecule has 3 fully saturated rings. The number of carbonyl (C=O) groups is 1. The minimum Gasteiger partial charge on any atom is -0.444 e. The first kappa shape index (κ1) is 28.6. The highest BCUT2D eigenvalue weighted by molar-refractivity contribution is 8.00. The van der Waals surface area contributed by atoms with Crippen LogP contribution in [0.5, 0.6) is 0 Å². The van der Waals surface area contributed by atoms with Crippen molar-refractivity contribution in [3.8, 4) is 17.3 Å². The van der Waals surface area contributed by atoms with Gasteiger partial charge in [0, 0.05) is 42.3 Å². The van der Waals surface area contributed by atoms with Crippen LogP contribution in [0.4, 0.5) is 27.6 Å². The van der Waals surface area contributed by atoms with Gasteiger partial charge < -0.3 is 24.8 Å². The Morgan fingerprint density at radius 1 is 1.23 bits per heavy atom. The van der Waals surface area contributed by atoms with Crippen molar-refractivity contribution in [3.05, 3.63) is 35.9 Å². The van der Waals surface area contributed by atoms with E-state index in [2.05, 4.69) is 10.3 Å². The Kier molecular flexibility index (Phi) is 7.29. The highest BCUT2D eigenvalue weighted by Crippen LogP contribution is 2.48. The molecular formula is C26H27F5N4O4S. The second kappa shape index (κ2) is 10.2. The highest BCUT2D eigenvalue weighted by atomic mass is 32.2. The Morgan fingerprint density at radius 2 is 1.93 bits per heavy atom. The quantitative estimate of drug-likeness (QED) is 0.338. The van der Waals surface area contributed by atoms with E-state index in [1.165, 1.54) is 0 Å². The summed E-state index contributed by atoms with van der Waals surface area (Å²) < 4.78 is 74.3. The van der Waals surface area contributed by atoms with Crippen molar-refractivity contribution in [1.82, 2.24) is 10.3 Å². The predicted molar refractivity (Wildman–Crippen MR) is 134 cm³/mol. The molecule has 0 bridgehead atoms. The van der Waals surface area contributed by atoms with Crippen molar-refractivity contribution < 1.29 is 41.4 Å². The Bertz CT molecular complexity index is 1300. The monoisotopic (exact) mass is 586 g/mol. The molecule has 8 nitrogen and oxygen atoms in total. The number of rotatable bonds is 6. The number of halogens is 5. The fourth-order valence-corrected chi connectivity index (χ4v) is 6.15. The zero-order valence-electron chi connectivity index (χ0n) is 21.2. The molecule has 5 rings (SSSR count). The third-order valence-electron chi connectivity index (χ3n) is 7.47. The van der Waals surface area contributed by atoms with E-state index in [1.54, 1.807) is 29.2 Å². The molecule has 216 valence electrons. The second-order valence-corrected chi connectivity index (χ2v) is 12.0. The van der Waals surface area contributed by atoms with Crippen molar-refractivity contribution in [1.29, 1.82) is 5.26 Å². The molecule has 1 amide bonds. The zero-order chi connectivity index (χ0) is 28.9. The van der Waals surface area contributed by atoms with Crippen LogP contribution in [0.25, 0.3) is 11.3 Å². The van der Waals surface area contributed by atoms with Gasteiger partial charge in [-0.15, -0.1) is 0 Å². The summed E-state index contributed by atoms with van der Waals surface area (Å²) in [4.78, 5) is 19.0. The molecule has 1 aliphatic heterocycles. The van der Waals surface area contributed by atoms with E-state index in [4.69, 9.17) is 4.42 Å². The van der Waals surface area contributed by atoms with Crippen LogP contribution in [0.1, 0.15) is 49.7 Å². The van der Waals surface area contributed by atoms with Gasteiger partial charge in [-0.25, -0.2) is 13.8 Å². The predicted octanol–water partition coefficient (Wildman–Crippen LogP) is 4.33. The van der Waals surface area contributed by atoms with Crippen LogP contribution in [-0.4, -0.2) is 62.7 Å².